The van der Waals surface area contributed by atoms with Gasteiger partial charge in [-0.1, -0.05) is 15.9 Å². The minimum absolute atomic E-state index is 0.0450. The number of hydrogen-bond donors (Lipinski definition) is 2. The number of carbonyl (C=O) groups excluding carboxylic acids is 1. The molecule has 4 nitrogen and oxygen atoms in total. The third kappa shape index (κ3) is 6.21. The molecule has 9 heteroatoms. The molecule has 2 rings (SSSR count). The molecular weight excluding hydrogens is 420 g/mol. The summed E-state index contributed by atoms with van der Waals surface area (Å²) in [7, 11) is 0. The van der Waals surface area contributed by atoms with Gasteiger partial charge in [0.05, 0.1) is 12.2 Å². The smallest absolute Gasteiger partial charge is 0.422 e. The van der Waals surface area contributed by atoms with Crippen LogP contribution < -0.4 is 15.4 Å². The van der Waals surface area contributed by atoms with E-state index in [9.17, 15) is 22.4 Å². The van der Waals surface area contributed by atoms with E-state index in [1.54, 1.807) is 18.2 Å². The van der Waals surface area contributed by atoms with Crippen LogP contribution in [0.3, 0.4) is 0 Å². The summed E-state index contributed by atoms with van der Waals surface area (Å²) in [6.45, 7) is 0.0631. The highest BCUT2D eigenvalue weighted by molar-refractivity contribution is 9.10. The molecule has 26 heavy (non-hydrogen) atoms. The van der Waals surface area contributed by atoms with Crippen molar-refractivity contribution in [1.82, 2.24) is 0 Å². The van der Waals surface area contributed by atoms with Gasteiger partial charge in [0.2, 0.25) is 5.91 Å². The minimum Gasteiger partial charge on any atom is -0.482 e. The van der Waals surface area contributed by atoms with Crippen molar-refractivity contribution in [2.75, 3.05) is 23.8 Å². The number of carbonyl (C=O) groups is 1. The summed E-state index contributed by atoms with van der Waals surface area (Å²) in [6.07, 6.45) is -4.53. The molecule has 0 unspecified atom stereocenters. The number of ether oxygens (including phenoxy) is 1. The first-order chi connectivity index (χ1) is 12.1. The standard InChI is InChI=1S/C17H15BrF4N2O2/c1-10-6-12(3-4-13(10)18)24-16(25)8-23-14-7-11(19)2-5-15(14)26-9-17(20,21)22/h2-7,23H,8-9H2,1H3,(H,24,25). The lowest BCUT2D eigenvalue weighted by molar-refractivity contribution is -0.153. The Hall–Kier alpha value is -2.29. The lowest BCUT2D eigenvalue weighted by Crippen LogP contribution is -2.23. The zero-order chi connectivity index (χ0) is 19.3. The number of benzene rings is 2. The molecule has 0 aliphatic rings. The molecule has 0 heterocycles. The topological polar surface area (TPSA) is 50.4 Å². The van der Waals surface area contributed by atoms with Gasteiger partial charge < -0.3 is 15.4 Å². The normalized spacial score (nSPS) is 11.2. The van der Waals surface area contributed by atoms with Gasteiger partial charge in [0.25, 0.3) is 0 Å². The highest BCUT2D eigenvalue weighted by Crippen LogP contribution is 2.27. The Balaban J connectivity index is 2.00. The van der Waals surface area contributed by atoms with Gasteiger partial charge in [-0.15, -0.1) is 0 Å². The third-order valence-corrected chi connectivity index (χ3v) is 4.10. The number of rotatable bonds is 6. The van der Waals surface area contributed by atoms with Gasteiger partial charge in [-0.3, -0.25) is 4.79 Å². The van der Waals surface area contributed by atoms with Crippen LogP contribution >= 0.6 is 15.9 Å². The first-order valence-corrected chi connectivity index (χ1v) is 8.22. The van der Waals surface area contributed by atoms with Gasteiger partial charge in [0.15, 0.2) is 6.61 Å². The molecule has 2 N–H and O–H groups in total. The maximum absolute atomic E-state index is 13.4. The first-order valence-electron chi connectivity index (χ1n) is 7.43. The number of halogens is 5. The van der Waals surface area contributed by atoms with Crippen LogP contribution in [0.25, 0.3) is 0 Å². The van der Waals surface area contributed by atoms with Crippen molar-refractivity contribution < 1.29 is 27.1 Å². The van der Waals surface area contributed by atoms with E-state index < -0.39 is 24.5 Å². The second-order valence-electron chi connectivity index (χ2n) is 5.41. The summed E-state index contributed by atoms with van der Waals surface area (Å²) in [5, 5.41) is 5.22. The van der Waals surface area contributed by atoms with E-state index in [1.807, 2.05) is 6.92 Å². The van der Waals surface area contributed by atoms with Crippen molar-refractivity contribution in [3.63, 3.8) is 0 Å². The fourth-order valence-corrected chi connectivity index (χ4v) is 2.28. The van der Waals surface area contributed by atoms with Crippen LogP contribution in [-0.2, 0) is 4.79 Å². The van der Waals surface area contributed by atoms with Gasteiger partial charge in [-0.2, -0.15) is 13.2 Å². The Kier molecular flexibility index (Phi) is 6.47. The molecule has 2 aromatic rings. The average Bonchev–Trinajstić information content (AvgIpc) is 2.54. The van der Waals surface area contributed by atoms with Crippen molar-refractivity contribution in [2.24, 2.45) is 0 Å². The molecule has 0 radical (unpaired) electrons. The summed E-state index contributed by atoms with van der Waals surface area (Å²) < 4.78 is 55.7. The number of alkyl halides is 3. The highest BCUT2D eigenvalue weighted by Gasteiger charge is 2.28. The van der Waals surface area contributed by atoms with Gasteiger partial charge >= 0.3 is 6.18 Å². The molecule has 1 amide bonds. The van der Waals surface area contributed by atoms with Gasteiger partial charge in [0, 0.05) is 16.2 Å². The van der Waals surface area contributed by atoms with E-state index in [2.05, 4.69) is 31.3 Å². The summed E-state index contributed by atoms with van der Waals surface area (Å²) in [4.78, 5) is 12.0. The molecule has 0 aliphatic carbocycles. The van der Waals surface area contributed by atoms with E-state index in [4.69, 9.17) is 0 Å². The zero-order valence-corrected chi connectivity index (χ0v) is 15.2. The molecule has 0 spiro atoms. The quantitative estimate of drug-likeness (QED) is 0.636. The van der Waals surface area contributed by atoms with E-state index >= 15 is 0 Å². The predicted molar refractivity (Wildman–Crippen MR) is 93.9 cm³/mol. The van der Waals surface area contributed by atoms with Gasteiger partial charge in [-0.05, 0) is 42.8 Å². The van der Waals surface area contributed by atoms with E-state index in [1.165, 1.54) is 0 Å². The van der Waals surface area contributed by atoms with Crippen LogP contribution in [0.1, 0.15) is 5.56 Å². The van der Waals surface area contributed by atoms with Crippen LogP contribution in [0, 0.1) is 12.7 Å². The Labute approximate surface area is 155 Å². The number of nitrogens with one attached hydrogen (secondary N) is 2. The summed E-state index contributed by atoms with van der Waals surface area (Å²) in [5.41, 5.74) is 1.44. The maximum atomic E-state index is 13.4. The van der Waals surface area contributed by atoms with Crippen molar-refractivity contribution in [3.8, 4) is 5.75 Å². The molecule has 0 aromatic heterocycles. The molecule has 0 aliphatic heterocycles. The monoisotopic (exact) mass is 434 g/mol. The molecule has 0 fully saturated rings. The number of hydrogen-bond acceptors (Lipinski definition) is 3. The van der Waals surface area contributed by atoms with Crippen LogP contribution in [0.5, 0.6) is 5.75 Å². The molecular formula is C17H15BrF4N2O2. The fraction of sp³-hybridized carbons (Fsp3) is 0.235. The van der Waals surface area contributed by atoms with Gasteiger partial charge in [-0.25, -0.2) is 4.39 Å². The second-order valence-corrected chi connectivity index (χ2v) is 6.26. The van der Waals surface area contributed by atoms with Crippen molar-refractivity contribution >= 4 is 33.2 Å². The molecule has 0 bridgehead atoms. The molecule has 0 saturated carbocycles. The number of anilines is 2. The summed E-state index contributed by atoms with van der Waals surface area (Å²) >= 11 is 3.35. The SMILES string of the molecule is Cc1cc(NC(=O)CNc2cc(F)ccc2OCC(F)(F)F)ccc1Br. The Morgan fingerprint density at radius 2 is 1.92 bits per heavy atom. The fourth-order valence-electron chi connectivity index (χ4n) is 2.03. The van der Waals surface area contributed by atoms with Crippen molar-refractivity contribution in [2.45, 2.75) is 13.1 Å². The van der Waals surface area contributed by atoms with Crippen LogP contribution in [-0.4, -0.2) is 25.2 Å². The Morgan fingerprint density at radius 1 is 1.19 bits per heavy atom. The zero-order valence-electron chi connectivity index (χ0n) is 13.6. The van der Waals surface area contributed by atoms with Crippen LogP contribution in [0.15, 0.2) is 40.9 Å². The number of aryl methyl sites for hydroxylation is 1. The summed E-state index contributed by atoms with van der Waals surface area (Å²) in [5.74, 6) is -1.32. The first kappa shape index (κ1) is 20.0. The van der Waals surface area contributed by atoms with Crippen molar-refractivity contribution in [1.29, 1.82) is 0 Å². The van der Waals surface area contributed by atoms with E-state index in [0.29, 0.717) is 5.69 Å². The lowest BCUT2D eigenvalue weighted by atomic mass is 10.2. The van der Waals surface area contributed by atoms with Gasteiger partial charge in [0.1, 0.15) is 11.6 Å². The molecule has 2 aromatic carbocycles. The third-order valence-electron chi connectivity index (χ3n) is 3.21. The molecule has 0 atom stereocenters. The molecule has 0 saturated heterocycles. The second kappa shape index (κ2) is 8.39. The minimum atomic E-state index is -4.53. The highest BCUT2D eigenvalue weighted by atomic mass is 79.9. The lowest BCUT2D eigenvalue weighted by Gasteiger charge is -2.15. The van der Waals surface area contributed by atoms with Crippen LogP contribution in [0.2, 0.25) is 0 Å². The van der Waals surface area contributed by atoms with Crippen LogP contribution in [0.4, 0.5) is 28.9 Å². The van der Waals surface area contributed by atoms with E-state index in [-0.39, 0.29) is 18.0 Å². The number of amides is 1. The summed E-state index contributed by atoms with van der Waals surface area (Å²) in [6, 6.07) is 8.22. The Bertz CT molecular complexity index is 797. The molecule has 140 valence electrons. The van der Waals surface area contributed by atoms with E-state index in [0.717, 1.165) is 28.2 Å². The largest absolute Gasteiger partial charge is 0.482 e. The van der Waals surface area contributed by atoms with Crippen molar-refractivity contribution in [3.05, 3.63) is 52.3 Å². The average molecular weight is 435 g/mol. The maximum Gasteiger partial charge on any atom is 0.422 e. The Morgan fingerprint density at radius 3 is 2.58 bits per heavy atom. The predicted octanol–water partition coefficient (Wildman–Crippen LogP) is 4.89.